The number of hydrogen-bond acceptors (Lipinski definition) is 1. The lowest BCUT2D eigenvalue weighted by atomic mass is 9.66. The highest BCUT2D eigenvalue weighted by Gasteiger charge is 2.33. The maximum atomic E-state index is 9.46. The highest BCUT2D eigenvalue weighted by atomic mass is 16.3. The Hall–Kier alpha value is -1.50. The van der Waals surface area contributed by atoms with Crippen LogP contribution in [0.2, 0.25) is 0 Å². The Morgan fingerprint density at radius 2 is 1.68 bits per heavy atom. The Morgan fingerprint density at radius 3 is 2.11 bits per heavy atom. The van der Waals surface area contributed by atoms with Crippen molar-refractivity contribution >= 4 is 0 Å². The predicted molar refractivity (Wildman–Crippen MR) is 81.3 cm³/mol. The van der Waals surface area contributed by atoms with Crippen LogP contribution in [0, 0.1) is 11.8 Å². The van der Waals surface area contributed by atoms with E-state index in [2.05, 4.69) is 45.9 Å². The number of rotatable bonds is 3. The van der Waals surface area contributed by atoms with Crippen molar-refractivity contribution in [2.75, 3.05) is 0 Å². The zero-order valence-corrected chi connectivity index (χ0v) is 12.4. The van der Waals surface area contributed by atoms with E-state index in [-0.39, 0.29) is 5.41 Å². The van der Waals surface area contributed by atoms with Gasteiger partial charge >= 0.3 is 0 Å². The molecule has 19 heavy (non-hydrogen) atoms. The second-order valence-corrected chi connectivity index (χ2v) is 6.14. The zero-order valence-electron chi connectivity index (χ0n) is 12.4. The van der Waals surface area contributed by atoms with Gasteiger partial charge in [-0.15, -0.1) is 0 Å². The average Bonchev–Trinajstić information content (AvgIpc) is 2.39. The van der Waals surface area contributed by atoms with Gasteiger partial charge in [-0.3, -0.25) is 0 Å². The van der Waals surface area contributed by atoms with Crippen molar-refractivity contribution in [1.82, 2.24) is 0 Å². The fourth-order valence-electron chi connectivity index (χ4n) is 2.84. The molecule has 1 N–H and O–H groups in total. The standard InChI is InChI=1S/C18H24O/c1-13(2)15-9-11-18(12-10-15,14(3)4)16-5-7-17(19)8-6-16/h5-11,13-14,19H,12H2,1-4H3. The van der Waals surface area contributed by atoms with Crippen molar-refractivity contribution in [3.8, 4) is 5.75 Å². The molecule has 1 aliphatic carbocycles. The molecule has 1 nitrogen and oxygen atoms in total. The largest absolute Gasteiger partial charge is 0.508 e. The fourth-order valence-corrected chi connectivity index (χ4v) is 2.84. The van der Waals surface area contributed by atoms with Crippen LogP contribution in [0.15, 0.2) is 48.1 Å². The molecular formula is C18H24O. The van der Waals surface area contributed by atoms with Crippen molar-refractivity contribution in [1.29, 1.82) is 0 Å². The molecule has 1 atom stereocenters. The number of benzene rings is 1. The first-order chi connectivity index (χ1) is 8.95. The molecule has 1 aliphatic rings. The Balaban J connectivity index is 2.38. The predicted octanol–water partition coefficient (Wildman–Crippen LogP) is 4.83. The summed E-state index contributed by atoms with van der Waals surface area (Å²) in [5, 5.41) is 9.46. The molecule has 0 fully saturated rings. The van der Waals surface area contributed by atoms with Crippen LogP contribution in [0.1, 0.15) is 39.7 Å². The third-order valence-electron chi connectivity index (χ3n) is 4.35. The van der Waals surface area contributed by atoms with Gasteiger partial charge in [0.25, 0.3) is 0 Å². The third-order valence-corrected chi connectivity index (χ3v) is 4.35. The molecule has 0 aromatic heterocycles. The van der Waals surface area contributed by atoms with Crippen LogP contribution in [-0.4, -0.2) is 5.11 Å². The Bertz CT molecular complexity index is 491. The van der Waals surface area contributed by atoms with Gasteiger partial charge in [-0.05, 0) is 41.5 Å². The van der Waals surface area contributed by atoms with E-state index in [0.29, 0.717) is 17.6 Å². The SMILES string of the molecule is CC(C)C1=CCC(c2ccc(O)cc2)(C(C)C)C=C1. The summed E-state index contributed by atoms with van der Waals surface area (Å²) in [5.74, 6) is 1.44. The van der Waals surface area contributed by atoms with E-state index in [9.17, 15) is 5.11 Å². The highest BCUT2D eigenvalue weighted by Crippen LogP contribution is 2.41. The van der Waals surface area contributed by atoms with Crippen molar-refractivity contribution in [3.05, 3.63) is 53.6 Å². The van der Waals surface area contributed by atoms with Gasteiger partial charge in [0.1, 0.15) is 5.75 Å². The first-order valence-corrected chi connectivity index (χ1v) is 7.14. The van der Waals surface area contributed by atoms with Crippen molar-refractivity contribution in [3.63, 3.8) is 0 Å². The number of phenolic OH excluding ortho intramolecular Hbond substituents is 1. The van der Waals surface area contributed by atoms with Crippen LogP contribution in [0.5, 0.6) is 5.75 Å². The molecule has 0 saturated heterocycles. The molecule has 1 unspecified atom stereocenters. The monoisotopic (exact) mass is 256 g/mol. The molecule has 0 saturated carbocycles. The van der Waals surface area contributed by atoms with Crippen molar-refractivity contribution in [2.24, 2.45) is 11.8 Å². The van der Waals surface area contributed by atoms with Gasteiger partial charge < -0.3 is 5.11 Å². The van der Waals surface area contributed by atoms with Gasteiger partial charge in [0.15, 0.2) is 0 Å². The lowest BCUT2D eigenvalue weighted by Gasteiger charge is -2.37. The first kappa shape index (κ1) is 13.9. The van der Waals surface area contributed by atoms with E-state index in [0.717, 1.165) is 6.42 Å². The molecule has 0 aliphatic heterocycles. The van der Waals surface area contributed by atoms with Crippen LogP contribution in [-0.2, 0) is 5.41 Å². The Labute approximate surface area is 116 Å². The van der Waals surface area contributed by atoms with Crippen LogP contribution < -0.4 is 0 Å². The summed E-state index contributed by atoms with van der Waals surface area (Å²) in [7, 11) is 0. The third kappa shape index (κ3) is 2.60. The van der Waals surface area contributed by atoms with Gasteiger partial charge in [-0.2, -0.15) is 0 Å². The average molecular weight is 256 g/mol. The Kier molecular flexibility index (Phi) is 3.84. The molecule has 1 aromatic rings. The molecule has 0 radical (unpaired) electrons. The summed E-state index contributed by atoms with van der Waals surface area (Å²) < 4.78 is 0. The van der Waals surface area contributed by atoms with E-state index in [1.807, 2.05) is 12.1 Å². The lowest BCUT2D eigenvalue weighted by Crippen LogP contribution is -2.31. The molecule has 2 rings (SSSR count). The molecule has 0 heterocycles. The summed E-state index contributed by atoms with van der Waals surface area (Å²) in [6.07, 6.45) is 8.05. The van der Waals surface area contributed by atoms with Gasteiger partial charge in [0.05, 0.1) is 0 Å². The smallest absolute Gasteiger partial charge is 0.115 e. The molecule has 102 valence electrons. The second kappa shape index (κ2) is 5.24. The normalized spacial score (nSPS) is 22.9. The minimum atomic E-state index is 0.0616. The van der Waals surface area contributed by atoms with E-state index < -0.39 is 0 Å². The number of aromatic hydroxyl groups is 1. The molecule has 1 aromatic carbocycles. The fraction of sp³-hybridized carbons (Fsp3) is 0.444. The minimum absolute atomic E-state index is 0.0616. The summed E-state index contributed by atoms with van der Waals surface area (Å²) in [6, 6.07) is 7.67. The van der Waals surface area contributed by atoms with Crippen molar-refractivity contribution in [2.45, 2.75) is 39.5 Å². The van der Waals surface area contributed by atoms with E-state index in [4.69, 9.17) is 0 Å². The van der Waals surface area contributed by atoms with Gasteiger partial charge in [0, 0.05) is 5.41 Å². The summed E-state index contributed by atoms with van der Waals surface area (Å²) in [5.41, 5.74) is 2.78. The van der Waals surface area contributed by atoms with Gasteiger partial charge in [-0.25, -0.2) is 0 Å². The van der Waals surface area contributed by atoms with Gasteiger partial charge in [0.2, 0.25) is 0 Å². The highest BCUT2D eigenvalue weighted by molar-refractivity contribution is 5.41. The minimum Gasteiger partial charge on any atom is -0.508 e. The second-order valence-electron chi connectivity index (χ2n) is 6.14. The topological polar surface area (TPSA) is 20.2 Å². The maximum Gasteiger partial charge on any atom is 0.115 e. The molecule has 0 bridgehead atoms. The number of allylic oxidation sites excluding steroid dienone is 4. The van der Waals surface area contributed by atoms with Crippen LogP contribution in [0.3, 0.4) is 0 Å². The summed E-state index contributed by atoms with van der Waals surface area (Å²) >= 11 is 0. The summed E-state index contributed by atoms with van der Waals surface area (Å²) in [6.45, 7) is 9.01. The van der Waals surface area contributed by atoms with E-state index >= 15 is 0 Å². The molecule has 1 heteroatoms. The Morgan fingerprint density at radius 1 is 1.05 bits per heavy atom. The van der Waals surface area contributed by atoms with Crippen LogP contribution in [0.25, 0.3) is 0 Å². The zero-order chi connectivity index (χ0) is 14.0. The lowest BCUT2D eigenvalue weighted by molar-refractivity contribution is 0.381. The van der Waals surface area contributed by atoms with Gasteiger partial charge in [-0.1, -0.05) is 58.1 Å². The molecule has 0 amide bonds. The first-order valence-electron chi connectivity index (χ1n) is 7.14. The molecule has 0 spiro atoms. The summed E-state index contributed by atoms with van der Waals surface area (Å²) in [4.78, 5) is 0. The van der Waals surface area contributed by atoms with Crippen LogP contribution in [0.4, 0.5) is 0 Å². The molecular weight excluding hydrogens is 232 g/mol. The quantitative estimate of drug-likeness (QED) is 0.821. The number of hydrogen-bond donors (Lipinski definition) is 1. The maximum absolute atomic E-state index is 9.46. The van der Waals surface area contributed by atoms with Crippen molar-refractivity contribution < 1.29 is 5.11 Å². The van der Waals surface area contributed by atoms with E-state index in [1.165, 1.54) is 11.1 Å². The van der Waals surface area contributed by atoms with E-state index in [1.54, 1.807) is 12.1 Å². The van der Waals surface area contributed by atoms with Crippen LogP contribution >= 0.6 is 0 Å². The number of phenols is 1.